The zero-order chi connectivity index (χ0) is 13.1. The molecular formula is C13H12BrF2NS. The van der Waals surface area contributed by atoms with E-state index in [0.717, 1.165) is 9.35 Å². The number of thiophene rings is 1. The van der Waals surface area contributed by atoms with Gasteiger partial charge in [-0.3, -0.25) is 0 Å². The highest BCUT2D eigenvalue weighted by Gasteiger charge is 2.15. The molecule has 1 heterocycles. The van der Waals surface area contributed by atoms with Gasteiger partial charge >= 0.3 is 0 Å². The van der Waals surface area contributed by atoms with Crippen LogP contribution in [0.5, 0.6) is 0 Å². The Balaban J connectivity index is 2.06. The average molecular weight is 332 g/mol. The topological polar surface area (TPSA) is 12.0 Å². The van der Waals surface area contributed by atoms with Gasteiger partial charge in [-0.15, -0.1) is 11.3 Å². The Morgan fingerprint density at radius 2 is 2.00 bits per heavy atom. The summed E-state index contributed by atoms with van der Waals surface area (Å²) >= 11 is 4.96. The Morgan fingerprint density at radius 3 is 2.56 bits per heavy atom. The molecule has 1 nitrogen and oxygen atoms in total. The molecule has 0 saturated heterocycles. The van der Waals surface area contributed by atoms with Crippen LogP contribution in [0.4, 0.5) is 8.78 Å². The minimum Gasteiger partial charge on any atom is -0.306 e. The Kier molecular flexibility index (Phi) is 4.48. The molecule has 1 N–H and O–H groups in total. The molecule has 1 unspecified atom stereocenters. The molecule has 0 aliphatic heterocycles. The Bertz CT molecular complexity index is 521. The summed E-state index contributed by atoms with van der Waals surface area (Å²) in [6.45, 7) is 2.33. The van der Waals surface area contributed by atoms with Crippen molar-refractivity contribution < 1.29 is 8.78 Å². The molecule has 0 aliphatic carbocycles. The van der Waals surface area contributed by atoms with Crippen LogP contribution < -0.4 is 5.32 Å². The van der Waals surface area contributed by atoms with Crippen molar-refractivity contribution in [2.24, 2.45) is 0 Å². The SMILES string of the molecule is CC(NCc1csc(Br)c1)c1c(F)cccc1F. The molecular weight excluding hydrogens is 320 g/mol. The third-order valence-corrected chi connectivity index (χ3v) is 4.22. The largest absolute Gasteiger partial charge is 0.306 e. The van der Waals surface area contributed by atoms with Crippen LogP contribution in [0.1, 0.15) is 24.1 Å². The summed E-state index contributed by atoms with van der Waals surface area (Å²) in [5.74, 6) is -1.03. The molecule has 0 bridgehead atoms. The van der Waals surface area contributed by atoms with Crippen molar-refractivity contribution in [3.63, 3.8) is 0 Å². The molecule has 1 aromatic carbocycles. The van der Waals surface area contributed by atoms with Crippen LogP contribution in [0.25, 0.3) is 0 Å². The van der Waals surface area contributed by atoms with E-state index in [1.807, 2.05) is 11.4 Å². The highest BCUT2D eigenvalue weighted by molar-refractivity contribution is 9.11. The van der Waals surface area contributed by atoms with Crippen LogP contribution in [0.3, 0.4) is 0 Å². The molecule has 18 heavy (non-hydrogen) atoms. The second-order valence-corrected chi connectivity index (χ2v) is 6.29. The monoisotopic (exact) mass is 331 g/mol. The molecule has 1 aromatic heterocycles. The van der Waals surface area contributed by atoms with Gasteiger partial charge in [-0.2, -0.15) is 0 Å². The lowest BCUT2D eigenvalue weighted by Crippen LogP contribution is -2.20. The third kappa shape index (κ3) is 3.16. The summed E-state index contributed by atoms with van der Waals surface area (Å²) in [7, 11) is 0. The van der Waals surface area contributed by atoms with Crippen LogP contribution in [0, 0.1) is 11.6 Å². The third-order valence-electron chi connectivity index (χ3n) is 2.67. The fourth-order valence-corrected chi connectivity index (χ4v) is 2.95. The van der Waals surface area contributed by atoms with E-state index in [2.05, 4.69) is 21.2 Å². The molecule has 0 aliphatic rings. The van der Waals surface area contributed by atoms with Crippen molar-refractivity contribution in [1.82, 2.24) is 5.32 Å². The van der Waals surface area contributed by atoms with Gasteiger partial charge in [-0.1, -0.05) is 6.07 Å². The summed E-state index contributed by atoms with van der Waals surface area (Å²) < 4.78 is 28.1. The number of benzene rings is 1. The molecule has 96 valence electrons. The summed E-state index contributed by atoms with van der Waals surface area (Å²) in [6.07, 6.45) is 0. The zero-order valence-electron chi connectivity index (χ0n) is 9.71. The van der Waals surface area contributed by atoms with E-state index >= 15 is 0 Å². The summed E-state index contributed by atoms with van der Waals surface area (Å²) in [6, 6.07) is 5.54. The van der Waals surface area contributed by atoms with Gasteiger partial charge < -0.3 is 5.32 Å². The molecule has 0 amide bonds. The maximum atomic E-state index is 13.5. The molecule has 0 spiro atoms. The molecule has 0 saturated carbocycles. The van der Waals surface area contributed by atoms with Crippen molar-refractivity contribution in [3.05, 3.63) is 56.2 Å². The highest BCUT2D eigenvalue weighted by atomic mass is 79.9. The quantitative estimate of drug-likeness (QED) is 0.860. The molecule has 2 aromatic rings. The fraction of sp³-hybridized carbons (Fsp3) is 0.231. The number of nitrogens with one attached hydrogen (secondary N) is 1. The van der Waals surface area contributed by atoms with Gasteiger partial charge in [0.15, 0.2) is 0 Å². The molecule has 2 rings (SSSR count). The molecule has 5 heteroatoms. The van der Waals surface area contributed by atoms with Crippen molar-refractivity contribution >= 4 is 27.3 Å². The van der Waals surface area contributed by atoms with Crippen molar-refractivity contribution in [2.75, 3.05) is 0 Å². The van der Waals surface area contributed by atoms with E-state index < -0.39 is 11.6 Å². The van der Waals surface area contributed by atoms with E-state index in [0.29, 0.717) is 6.54 Å². The summed E-state index contributed by atoms with van der Waals surface area (Å²) in [4.78, 5) is 0. The Hall–Kier alpha value is -0.780. The van der Waals surface area contributed by atoms with E-state index in [4.69, 9.17) is 0 Å². The van der Waals surface area contributed by atoms with Crippen LogP contribution in [-0.4, -0.2) is 0 Å². The minimum absolute atomic E-state index is 0.0896. The van der Waals surface area contributed by atoms with Crippen molar-refractivity contribution in [3.8, 4) is 0 Å². The van der Waals surface area contributed by atoms with Gasteiger partial charge in [0.1, 0.15) is 11.6 Å². The van der Waals surface area contributed by atoms with Crippen LogP contribution in [-0.2, 0) is 6.54 Å². The van der Waals surface area contributed by atoms with Crippen LogP contribution in [0.15, 0.2) is 33.4 Å². The fourth-order valence-electron chi connectivity index (χ4n) is 1.74. The van der Waals surface area contributed by atoms with E-state index in [1.165, 1.54) is 18.2 Å². The highest BCUT2D eigenvalue weighted by Crippen LogP contribution is 2.23. The smallest absolute Gasteiger partial charge is 0.130 e. The normalized spacial score (nSPS) is 12.7. The summed E-state index contributed by atoms with van der Waals surface area (Å²) in [5.41, 5.74) is 1.18. The van der Waals surface area contributed by atoms with Gasteiger partial charge in [0.2, 0.25) is 0 Å². The van der Waals surface area contributed by atoms with Crippen LogP contribution >= 0.6 is 27.3 Å². The van der Waals surface area contributed by atoms with Gasteiger partial charge in [0.05, 0.1) is 3.79 Å². The molecule has 1 atom stereocenters. The minimum atomic E-state index is -0.513. The van der Waals surface area contributed by atoms with Crippen molar-refractivity contribution in [1.29, 1.82) is 0 Å². The zero-order valence-corrected chi connectivity index (χ0v) is 12.1. The maximum Gasteiger partial charge on any atom is 0.130 e. The lowest BCUT2D eigenvalue weighted by atomic mass is 10.1. The summed E-state index contributed by atoms with van der Waals surface area (Å²) in [5, 5.41) is 5.12. The predicted octanol–water partition coefficient (Wildman–Crippen LogP) is 4.64. The number of hydrogen-bond acceptors (Lipinski definition) is 2. The van der Waals surface area contributed by atoms with Gasteiger partial charge in [0, 0.05) is 18.2 Å². The first-order valence-corrected chi connectivity index (χ1v) is 7.15. The lowest BCUT2D eigenvalue weighted by Gasteiger charge is -2.15. The van der Waals surface area contributed by atoms with Gasteiger partial charge in [-0.05, 0) is 52.0 Å². The van der Waals surface area contributed by atoms with Crippen LogP contribution in [0.2, 0.25) is 0 Å². The predicted molar refractivity (Wildman–Crippen MR) is 73.6 cm³/mol. The van der Waals surface area contributed by atoms with Crippen molar-refractivity contribution in [2.45, 2.75) is 19.5 Å². The van der Waals surface area contributed by atoms with E-state index in [-0.39, 0.29) is 11.6 Å². The Morgan fingerprint density at radius 1 is 1.33 bits per heavy atom. The lowest BCUT2D eigenvalue weighted by molar-refractivity contribution is 0.488. The van der Waals surface area contributed by atoms with E-state index in [1.54, 1.807) is 18.3 Å². The standard InChI is InChI=1S/C13H12BrF2NS/c1-8(13-10(15)3-2-4-11(13)16)17-6-9-5-12(14)18-7-9/h2-5,7-8,17H,6H2,1H3. The van der Waals surface area contributed by atoms with Gasteiger partial charge in [-0.25, -0.2) is 8.78 Å². The van der Waals surface area contributed by atoms with Gasteiger partial charge in [0.25, 0.3) is 0 Å². The number of halogens is 3. The number of rotatable bonds is 4. The second kappa shape index (κ2) is 5.91. The Labute approximate surface area is 117 Å². The number of hydrogen-bond donors (Lipinski definition) is 1. The first kappa shape index (κ1) is 13.6. The first-order valence-electron chi connectivity index (χ1n) is 5.48. The molecule has 0 fully saturated rings. The maximum absolute atomic E-state index is 13.5. The average Bonchev–Trinajstić information content (AvgIpc) is 2.72. The first-order chi connectivity index (χ1) is 8.58. The van der Waals surface area contributed by atoms with E-state index in [9.17, 15) is 8.78 Å². The second-order valence-electron chi connectivity index (χ2n) is 4.00. The molecule has 0 radical (unpaired) electrons.